The fraction of sp³-hybridized carbons (Fsp3) is 0.263. The van der Waals surface area contributed by atoms with Gasteiger partial charge < -0.3 is 14.7 Å². The molecule has 0 saturated heterocycles. The Morgan fingerprint density at radius 1 is 1.15 bits per heavy atom. The van der Waals surface area contributed by atoms with Gasteiger partial charge >= 0.3 is 0 Å². The maximum atomic E-state index is 12.8. The molecule has 0 bridgehead atoms. The Labute approximate surface area is 161 Å². The number of anilines is 1. The smallest absolute Gasteiger partial charge is 0.264 e. The van der Waals surface area contributed by atoms with E-state index in [0.29, 0.717) is 27.0 Å². The SMILES string of the molecule is CC(=O)C[C@@]1(O)C(=O)N(CCOc2ccc(Cl)cc2)c2ccc(Cl)cc21. The van der Waals surface area contributed by atoms with Gasteiger partial charge in [0.25, 0.3) is 5.91 Å². The van der Waals surface area contributed by atoms with E-state index in [2.05, 4.69) is 0 Å². The summed E-state index contributed by atoms with van der Waals surface area (Å²) in [6.07, 6.45) is -0.298. The van der Waals surface area contributed by atoms with E-state index in [1.807, 2.05) is 0 Å². The Bertz CT molecular complexity index is 853. The number of benzene rings is 2. The first-order valence-corrected chi connectivity index (χ1v) is 8.79. The lowest BCUT2D eigenvalue weighted by molar-refractivity contribution is -0.141. The fourth-order valence-electron chi connectivity index (χ4n) is 3.06. The first-order chi connectivity index (χ1) is 12.3. The number of aliphatic hydroxyl groups is 1. The number of fused-ring (bicyclic) bond motifs is 1. The van der Waals surface area contributed by atoms with Crippen molar-refractivity contribution in [2.24, 2.45) is 0 Å². The number of ketones is 1. The number of Topliss-reactive ketones (excluding diaryl/α,β-unsaturated/α-hetero) is 1. The minimum atomic E-state index is -1.90. The number of nitrogens with zero attached hydrogens (tertiary/aromatic N) is 1. The van der Waals surface area contributed by atoms with Gasteiger partial charge in [-0.1, -0.05) is 23.2 Å². The van der Waals surface area contributed by atoms with Crippen LogP contribution in [0.15, 0.2) is 42.5 Å². The van der Waals surface area contributed by atoms with E-state index in [1.54, 1.807) is 36.4 Å². The van der Waals surface area contributed by atoms with Crippen LogP contribution in [0.3, 0.4) is 0 Å². The second kappa shape index (κ2) is 7.27. The molecule has 0 aliphatic carbocycles. The zero-order valence-electron chi connectivity index (χ0n) is 14.0. The molecule has 1 heterocycles. The van der Waals surface area contributed by atoms with Crippen LogP contribution < -0.4 is 9.64 Å². The largest absolute Gasteiger partial charge is 0.492 e. The fourth-order valence-corrected chi connectivity index (χ4v) is 3.36. The van der Waals surface area contributed by atoms with Crippen molar-refractivity contribution in [3.63, 3.8) is 0 Å². The normalized spacial score (nSPS) is 18.8. The summed E-state index contributed by atoms with van der Waals surface area (Å²) in [5.74, 6) is -0.216. The molecule has 1 aliphatic rings. The first-order valence-electron chi connectivity index (χ1n) is 8.03. The number of amides is 1. The van der Waals surface area contributed by atoms with Gasteiger partial charge in [-0.3, -0.25) is 9.59 Å². The third-order valence-electron chi connectivity index (χ3n) is 4.20. The molecule has 1 N–H and O–H groups in total. The van der Waals surface area contributed by atoms with Crippen molar-refractivity contribution in [1.29, 1.82) is 0 Å². The van der Waals surface area contributed by atoms with Crippen LogP contribution in [-0.4, -0.2) is 29.9 Å². The molecule has 136 valence electrons. The maximum absolute atomic E-state index is 12.8. The highest BCUT2D eigenvalue weighted by molar-refractivity contribution is 6.31. The van der Waals surface area contributed by atoms with Crippen molar-refractivity contribution in [2.45, 2.75) is 18.9 Å². The summed E-state index contributed by atoms with van der Waals surface area (Å²) < 4.78 is 5.63. The average Bonchev–Trinajstić information content (AvgIpc) is 2.77. The highest BCUT2D eigenvalue weighted by Gasteiger charge is 2.50. The second-order valence-corrected chi connectivity index (χ2v) is 7.03. The van der Waals surface area contributed by atoms with Gasteiger partial charge in [0.15, 0.2) is 5.60 Å². The summed E-state index contributed by atoms with van der Waals surface area (Å²) in [5.41, 5.74) is -1.02. The molecule has 0 unspecified atom stereocenters. The van der Waals surface area contributed by atoms with Crippen LogP contribution in [0.1, 0.15) is 18.9 Å². The zero-order valence-corrected chi connectivity index (χ0v) is 15.5. The molecule has 26 heavy (non-hydrogen) atoms. The van der Waals surface area contributed by atoms with Crippen molar-refractivity contribution in [3.05, 3.63) is 58.1 Å². The van der Waals surface area contributed by atoms with Crippen molar-refractivity contribution in [1.82, 2.24) is 0 Å². The van der Waals surface area contributed by atoms with Crippen molar-refractivity contribution < 1.29 is 19.4 Å². The minimum Gasteiger partial charge on any atom is -0.492 e. The van der Waals surface area contributed by atoms with Gasteiger partial charge in [0.1, 0.15) is 18.1 Å². The molecule has 7 heteroatoms. The standard InChI is InChI=1S/C19H17Cl2NO4/c1-12(23)11-19(25)16-10-14(21)4-7-17(16)22(18(19)24)8-9-26-15-5-2-13(20)3-6-15/h2-7,10,25H,8-9,11H2,1H3/t19-/m0/s1. The highest BCUT2D eigenvalue weighted by atomic mass is 35.5. The average molecular weight is 394 g/mol. The van der Waals surface area contributed by atoms with Crippen LogP contribution >= 0.6 is 23.2 Å². The molecule has 2 aromatic carbocycles. The monoisotopic (exact) mass is 393 g/mol. The third kappa shape index (κ3) is 3.56. The van der Waals surface area contributed by atoms with Crippen molar-refractivity contribution in [3.8, 4) is 5.75 Å². The summed E-state index contributed by atoms with van der Waals surface area (Å²) in [6, 6.07) is 11.7. The Morgan fingerprint density at radius 2 is 1.81 bits per heavy atom. The molecule has 3 rings (SSSR count). The van der Waals surface area contributed by atoms with E-state index in [4.69, 9.17) is 27.9 Å². The first kappa shape index (κ1) is 18.7. The molecule has 0 fully saturated rings. The highest BCUT2D eigenvalue weighted by Crippen LogP contribution is 2.43. The number of carbonyl (C=O) groups excluding carboxylic acids is 2. The van der Waals surface area contributed by atoms with Crippen LogP contribution in [0.5, 0.6) is 5.75 Å². The Balaban J connectivity index is 1.80. The summed E-state index contributed by atoms with van der Waals surface area (Å²) in [5, 5.41) is 11.9. The lowest BCUT2D eigenvalue weighted by Crippen LogP contribution is -2.43. The molecular weight excluding hydrogens is 377 g/mol. The summed E-state index contributed by atoms with van der Waals surface area (Å²) >= 11 is 11.9. The predicted molar refractivity (Wildman–Crippen MR) is 99.9 cm³/mol. The number of ether oxygens (including phenoxy) is 1. The maximum Gasteiger partial charge on any atom is 0.264 e. The van der Waals surface area contributed by atoms with Crippen molar-refractivity contribution in [2.75, 3.05) is 18.1 Å². The molecule has 0 spiro atoms. The molecule has 2 aromatic rings. The van der Waals surface area contributed by atoms with E-state index in [-0.39, 0.29) is 25.4 Å². The van der Waals surface area contributed by atoms with E-state index in [0.717, 1.165) is 0 Å². The molecular formula is C19H17Cl2NO4. The van der Waals surface area contributed by atoms with E-state index in [9.17, 15) is 14.7 Å². The number of carbonyl (C=O) groups is 2. The summed E-state index contributed by atoms with van der Waals surface area (Å²) in [4.78, 5) is 25.8. The number of halogens is 2. The lowest BCUT2D eigenvalue weighted by atomic mass is 9.90. The molecule has 0 radical (unpaired) electrons. The Morgan fingerprint density at radius 3 is 2.46 bits per heavy atom. The molecule has 5 nitrogen and oxygen atoms in total. The lowest BCUT2D eigenvalue weighted by Gasteiger charge is -2.22. The van der Waals surface area contributed by atoms with Gasteiger partial charge in [-0.05, 0) is 49.4 Å². The van der Waals surface area contributed by atoms with E-state index in [1.165, 1.54) is 17.9 Å². The summed E-state index contributed by atoms with van der Waals surface area (Å²) in [6.45, 7) is 1.77. The molecule has 1 atom stereocenters. The molecule has 0 aromatic heterocycles. The topological polar surface area (TPSA) is 66.8 Å². The second-order valence-electron chi connectivity index (χ2n) is 6.16. The van der Waals surface area contributed by atoms with Gasteiger partial charge in [0, 0.05) is 22.0 Å². The van der Waals surface area contributed by atoms with Gasteiger partial charge in [0.05, 0.1) is 12.2 Å². The molecule has 1 amide bonds. The van der Waals surface area contributed by atoms with Crippen LogP contribution in [0, 0.1) is 0 Å². The minimum absolute atomic E-state index is 0.214. The Hall–Kier alpha value is -2.08. The summed E-state index contributed by atoms with van der Waals surface area (Å²) in [7, 11) is 0. The van der Waals surface area contributed by atoms with Crippen molar-refractivity contribution >= 4 is 40.6 Å². The predicted octanol–water partition coefficient (Wildman–Crippen LogP) is 3.59. The van der Waals surface area contributed by atoms with Crippen LogP contribution in [-0.2, 0) is 15.2 Å². The van der Waals surface area contributed by atoms with Gasteiger partial charge in [-0.15, -0.1) is 0 Å². The van der Waals surface area contributed by atoms with Crippen LogP contribution in [0.25, 0.3) is 0 Å². The molecule has 1 aliphatic heterocycles. The van der Waals surface area contributed by atoms with E-state index < -0.39 is 11.5 Å². The number of rotatable bonds is 6. The van der Waals surface area contributed by atoms with Gasteiger partial charge in [0.2, 0.25) is 0 Å². The van der Waals surface area contributed by atoms with Gasteiger partial charge in [-0.25, -0.2) is 0 Å². The zero-order chi connectivity index (χ0) is 18.9. The van der Waals surface area contributed by atoms with Crippen LogP contribution in [0.2, 0.25) is 10.0 Å². The van der Waals surface area contributed by atoms with E-state index >= 15 is 0 Å². The number of hydrogen-bond acceptors (Lipinski definition) is 4. The quantitative estimate of drug-likeness (QED) is 0.814. The number of hydrogen-bond donors (Lipinski definition) is 1. The third-order valence-corrected chi connectivity index (χ3v) is 4.68. The van der Waals surface area contributed by atoms with Gasteiger partial charge in [-0.2, -0.15) is 0 Å². The Kier molecular flexibility index (Phi) is 5.23. The van der Waals surface area contributed by atoms with Crippen LogP contribution in [0.4, 0.5) is 5.69 Å². The molecule has 0 saturated carbocycles.